The van der Waals surface area contributed by atoms with E-state index in [1.165, 1.54) is 6.20 Å². The van der Waals surface area contributed by atoms with E-state index in [2.05, 4.69) is 5.32 Å². The molecular formula is C16H21NO4. The molecule has 0 saturated carbocycles. The molecule has 1 atom stereocenters. The average molecular weight is 291 g/mol. The predicted molar refractivity (Wildman–Crippen MR) is 79.3 cm³/mol. The zero-order chi connectivity index (χ0) is 15.7. The van der Waals surface area contributed by atoms with Crippen molar-refractivity contribution in [3.8, 4) is 0 Å². The van der Waals surface area contributed by atoms with Gasteiger partial charge in [0.1, 0.15) is 0 Å². The molecule has 1 rings (SSSR count). The minimum absolute atomic E-state index is 0.0509. The molecule has 1 aromatic carbocycles. The number of carbonyl (C=O) groups excluding carboxylic acids is 2. The third kappa shape index (κ3) is 5.30. The van der Waals surface area contributed by atoms with E-state index in [4.69, 9.17) is 9.47 Å². The Morgan fingerprint density at radius 2 is 1.62 bits per heavy atom. The summed E-state index contributed by atoms with van der Waals surface area (Å²) in [6.45, 7) is 5.69. The number of nitrogens with one attached hydrogen (secondary N) is 1. The molecule has 0 unspecified atom stereocenters. The van der Waals surface area contributed by atoms with Gasteiger partial charge in [0.25, 0.3) is 0 Å². The summed E-state index contributed by atoms with van der Waals surface area (Å²) >= 11 is 0. The first-order chi connectivity index (χ1) is 10.1. The van der Waals surface area contributed by atoms with Crippen molar-refractivity contribution in [1.82, 2.24) is 5.32 Å². The van der Waals surface area contributed by atoms with Crippen molar-refractivity contribution in [2.45, 2.75) is 26.8 Å². The van der Waals surface area contributed by atoms with Gasteiger partial charge < -0.3 is 14.8 Å². The van der Waals surface area contributed by atoms with Gasteiger partial charge in [-0.1, -0.05) is 30.3 Å². The van der Waals surface area contributed by atoms with Gasteiger partial charge in [-0.15, -0.1) is 0 Å². The van der Waals surface area contributed by atoms with Crippen molar-refractivity contribution in [3.63, 3.8) is 0 Å². The molecule has 1 N–H and O–H groups in total. The number of benzene rings is 1. The van der Waals surface area contributed by atoms with Gasteiger partial charge in [0.2, 0.25) is 0 Å². The van der Waals surface area contributed by atoms with Crippen molar-refractivity contribution < 1.29 is 19.1 Å². The first kappa shape index (κ1) is 16.8. The second-order valence-electron chi connectivity index (χ2n) is 4.30. The molecule has 0 aliphatic carbocycles. The van der Waals surface area contributed by atoms with Crippen LogP contribution in [0.4, 0.5) is 0 Å². The van der Waals surface area contributed by atoms with E-state index in [-0.39, 0.29) is 24.8 Å². The van der Waals surface area contributed by atoms with Gasteiger partial charge in [-0.05, 0) is 26.3 Å². The lowest BCUT2D eigenvalue weighted by Crippen LogP contribution is -2.22. The lowest BCUT2D eigenvalue weighted by Gasteiger charge is -2.13. The molecule has 0 aliphatic heterocycles. The normalized spacial score (nSPS) is 11.2. The van der Waals surface area contributed by atoms with Crippen molar-refractivity contribution in [2.24, 2.45) is 0 Å². The highest BCUT2D eigenvalue weighted by Gasteiger charge is 2.21. The van der Waals surface area contributed by atoms with Crippen LogP contribution in [0.3, 0.4) is 0 Å². The van der Waals surface area contributed by atoms with Crippen LogP contribution in [0.2, 0.25) is 0 Å². The highest BCUT2D eigenvalue weighted by molar-refractivity contribution is 6.13. The first-order valence-corrected chi connectivity index (χ1v) is 6.95. The zero-order valence-corrected chi connectivity index (χ0v) is 12.6. The second kappa shape index (κ2) is 8.79. The smallest absolute Gasteiger partial charge is 0.347 e. The standard InChI is InChI=1S/C16H21NO4/c1-4-20-15(18)14(16(19)21-5-2)11-17-12(3)13-9-7-6-8-10-13/h6-12,17H,4-5H2,1-3H3/t12-/m1/s1. The van der Waals surface area contributed by atoms with Crippen LogP contribution in [0.5, 0.6) is 0 Å². The summed E-state index contributed by atoms with van der Waals surface area (Å²) in [5, 5.41) is 3.01. The molecule has 0 aliphatic rings. The SMILES string of the molecule is CCOC(=O)C(=CN[C@H](C)c1ccccc1)C(=O)OCC. The summed E-state index contributed by atoms with van der Waals surface area (Å²) < 4.78 is 9.72. The third-order valence-corrected chi connectivity index (χ3v) is 2.77. The highest BCUT2D eigenvalue weighted by Crippen LogP contribution is 2.12. The molecule has 0 fully saturated rings. The van der Waals surface area contributed by atoms with Crippen LogP contribution in [0.1, 0.15) is 32.4 Å². The fourth-order valence-corrected chi connectivity index (χ4v) is 1.67. The minimum Gasteiger partial charge on any atom is -0.462 e. The first-order valence-electron chi connectivity index (χ1n) is 6.95. The molecule has 5 heteroatoms. The number of rotatable bonds is 7. The summed E-state index contributed by atoms with van der Waals surface area (Å²) in [4.78, 5) is 23.6. The Labute approximate surface area is 124 Å². The van der Waals surface area contributed by atoms with Crippen LogP contribution in [0, 0.1) is 0 Å². The average Bonchev–Trinajstić information content (AvgIpc) is 2.48. The highest BCUT2D eigenvalue weighted by atomic mass is 16.6. The lowest BCUT2D eigenvalue weighted by molar-refractivity contribution is -0.146. The Morgan fingerprint density at radius 1 is 1.10 bits per heavy atom. The van der Waals surface area contributed by atoms with Crippen molar-refractivity contribution >= 4 is 11.9 Å². The van der Waals surface area contributed by atoms with Crippen molar-refractivity contribution in [2.75, 3.05) is 13.2 Å². The van der Waals surface area contributed by atoms with Gasteiger partial charge in [-0.3, -0.25) is 0 Å². The fourth-order valence-electron chi connectivity index (χ4n) is 1.67. The predicted octanol–water partition coefficient (Wildman–Crippen LogP) is 2.35. The molecule has 0 bridgehead atoms. The van der Waals surface area contributed by atoms with Gasteiger partial charge in [0, 0.05) is 12.2 Å². The van der Waals surface area contributed by atoms with E-state index >= 15 is 0 Å². The van der Waals surface area contributed by atoms with E-state index < -0.39 is 11.9 Å². The Bertz CT molecular complexity index is 476. The summed E-state index contributed by atoms with van der Waals surface area (Å²) in [7, 11) is 0. The Balaban J connectivity index is 2.82. The van der Waals surface area contributed by atoms with E-state index in [0.29, 0.717) is 0 Å². The monoisotopic (exact) mass is 291 g/mol. The zero-order valence-electron chi connectivity index (χ0n) is 12.6. The van der Waals surface area contributed by atoms with E-state index in [9.17, 15) is 9.59 Å². The summed E-state index contributed by atoms with van der Waals surface area (Å²) in [6.07, 6.45) is 1.35. The largest absolute Gasteiger partial charge is 0.462 e. The van der Waals surface area contributed by atoms with Gasteiger partial charge in [-0.25, -0.2) is 9.59 Å². The molecule has 0 spiro atoms. The van der Waals surface area contributed by atoms with Crippen LogP contribution in [-0.2, 0) is 19.1 Å². The summed E-state index contributed by atoms with van der Waals surface area (Å²) in [5.41, 5.74) is 0.905. The van der Waals surface area contributed by atoms with Gasteiger partial charge in [-0.2, -0.15) is 0 Å². The van der Waals surface area contributed by atoms with Crippen molar-refractivity contribution in [1.29, 1.82) is 0 Å². The van der Waals surface area contributed by atoms with Crippen molar-refractivity contribution in [3.05, 3.63) is 47.7 Å². The molecular weight excluding hydrogens is 270 g/mol. The quantitative estimate of drug-likeness (QED) is 0.361. The van der Waals surface area contributed by atoms with Crippen LogP contribution < -0.4 is 5.32 Å². The number of esters is 2. The molecule has 0 aromatic heterocycles. The van der Waals surface area contributed by atoms with Crippen LogP contribution >= 0.6 is 0 Å². The summed E-state index contributed by atoms with van der Waals surface area (Å²) in [5.74, 6) is -1.38. The van der Waals surface area contributed by atoms with Crippen LogP contribution in [-0.4, -0.2) is 25.2 Å². The number of ether oxygens (including phenoxy) is 2. The lowest BCUT2D eigenvalue weighted by atomic mass is 10.1. The Kier molecular flexibility index (Phi) is 7.01. The summed E-state index contributed by atoms with van der Waals surface area (Å²) in [6, 6.07) is 9.64. The van der Waals surface area contributed by atoms with Gasteiger partial charge >= 0.3 is 11.9 Å². The maximum Gasteiger partial charge on any atom is 0.347 e. The third-order valence-electron chi connectivity index (χ3n) is 2.77. The Morgan fingerprint density at radius 3 is 2.10 bits per heavy atom. The molecule has 5 nitrogen and oxygen atoms in total. The maximum atomic E-state index is 11.8. The molecule has 0 radical (unpaired) electrons. The molecule has 0 saturated heterocycles. The number of hydrogen-bond donors (Lipinski definition) is 1. The van der Waals surface area contributed by atoms with E-state index in [1.807, 2.05) is 37.3 Å². The van der Waals surface area contributed by atoms with Crippen LogP contribution in [0.15, 0.2) is 42.1 Å². The molecule has 0 heterocycles. The minimum atomic E-state index is -0.691. The van der Waals surface area contributed by atoms with E-state index in [1.54, 1.807) is 13.8 Å². The fraction of sp³-hybridized carbons (Fsp3) is 0.375. The van der Waals surface area contributed by atoms with E-state index in [0.717, 1.165) is 5.56 Å². The second-order valence-corrected chi connectivity index (χ2v) is 4.30. The van der Waals surface area contributed by atoms with Gasteiger partial charge in [0.15, 0.2) is 5.57 Å². The molecule has 0 amide bonds. The number of carbonyl (C=O) groups is 2. The topological polar surface area (TPSA) is 64.6 Å². The van der Waals surface area contributed by atoms with Crippen LogP contribution in [0.25, 0.3) is 0 Å². The molecule has 21 heavy (non-hydrogen) atoms. The Hall–Kier alpha value is -2.30. The maximum absolute atomic E-state index is 11.8. The number of hydrogen-bond acceptors (Lipinski definition) is 5. The molecule has 1 aromatic rings. The van der Waals surface area contributed by atoms with Gasteiger partial charge in [0.05, 0.1) is 13.2 Å². The molecule has 114 valence electrons.